The van der Waals surface area contributed by atoms with Crippen molar-refractivity contribution < 1.29 is 26.7 Å². The van der Waals surface area contributed by atoms with Crippen LogP contribution in [-0.4, -0.2) is 41.6 Å². The summed E-state index contributed by atoms with van der Waals surface area (Å²) in [5.74, 6) is 0. The van der Waals surface area contributed by atoms with Crippen molar-refractivity contribution in [3.63, 3.8) is 0 Å². The van der Waals surface area contributed by atoms with E-state index < -0.39 is 21.9 Å². The summed E-state index contributed by atoms with van der Waals surface area (Å²) in [4.78, 5) is 9.96. The van der Waals surface area contributed by atoms with Gasteiger partial charge >= 0.3 is 6.18 Å². The van der Waals surface area contributed by atoms with Gasteiger partial charge in [0, 0.05) is 29.9 Å². The second-order valence-corrected chi connectivity index (χ2v) is 7.02. The van der Waals surface area contributed by atoms with Gasteiger partial charge in [-0.15, -0.1) is 0 Å². The molecule has 11 heteroatoms. The third kappa shape index (κ3) is 3.54. The Labute approximate surface area is 146 Å². The number of hydrogen-bond donors (Lipinski definition) is 3. The maximum atomic E-state index is 12.9. The van der Waals surface area contributed by atoms with E-state index in [4.69, 9.17) is 5.11 Å². The van der Waals surface area contributed by atoms with E-state index in [2.05, 4.69) is 19.7 Å². The van der Waals surface area contributed by atoms with Crippen LogP contribution in [0.1, 0.15) is 5.69 Å². The number of alkyl halides is 3. The number of hydrogen-bond acceptors (Lipinski definition) is 5. The smallest absolute Gasteiger partial charge is 0.395 e. The predicted molar refractivity (Wildman–Crippen MR) is 86.6 cm³/mol. The lowest BCUT2D eigenvalue weighted by Crippen LogP contribution is -2.27. The average molecular weight is 386 g/mol. The van der Waals surface area contributed by atoms with Crippen LogP contribution < -0.4 is 4.72 Å². The molecule has 0 unspecified atom stereocenters. The van der Waals surface area contributed by atoms with Crippen molar-refractivity contribution in [2.45, 2.75) is 11.2 Å². The third-order valence-corrected chi connectivity index (χ3v) is 4.94. The molecule has 3 aromatic heterocycles. The summed E-state index contributed by atoms with van der Waals surface area (Å²) in [6, 6.07) is 5.14. The maximum Gasteiger partial charge on any atom is 0.431 e. The summed E-state index contributed by atoms with van der Waals surface area (Å²) in [5, 5.41) is 8.68. The van der Waals surface area contributed by atoms with Gasteiger partial charge in [-0.2, -0.15) is 13.2 Å². The number of sulfonamides is 1. The fourth-order valence-electron chi connectivity index (χ4n) is 2.38. The first-order valence-corrected chi connectivity index (χ1v) is 8.82. The van der Waals surface area contributed by atoms with Crippen molar-refractivity contribution in [2.75, 3.05) is 13.2 Å². The van der Waals surface area contributed by atoms with Crippen LogP contribution in [0.25, 0.3) is 22.2 Å². The average Bonchev–Trinajstić information content (AvgIpc) is 3.05. The van der Waals surface area contributed by atoms with Crippen LogP contribution in [0.15, 0.2) is 41.7 Å². The molecule has 0 spiro atoms. The Morgan fingerprint density at radius 2 is 1.96 bits per heavy atom. The molecule has 3 N–H and O–H groups in total. The maximum absolute atomic E-state index is 12.9. The van der Waals surface area contributed by atoms with Gasteiger partial charge in [0.2, 0.25) is 0 Å². The summed E-state index contributed by atoms with van der Waals surface area (Å²) in [6.07, 6.45) is -1.93. The Hall–Kier alpha value is -2.50. The lowest BCUT2D eigenvalue weighted by atomic mass is 10.1. The number of H-pyrrole nitrogens is 1. The molecule has 0 radical (unpaired) electrons. The Morgan fingerprint density at radius 1 is 1.19 bits per heavy atom. The molecular weight excluding hydrogens is 373 g/mol. The van der Waals surface area contributed by atoms with Crippen molar-refractivity contribution in [2.24, 2.45) is 0 Å². The SMILES string of the molecule is O=S(=O)(NCCO)c1ccc(-c2ccnc3[nH]c(C(F)(F)F)cc23)cn1. The molecule has 138 valence electrons. The van der Waals surface area contributed by atoms with Crippen molar-refractivity contribution >= 4 is 21.1 Å². The number of aromatic amines is 1. The molecule has 26 heavy (non-hydrogen) atoms. The highest BCUT2D eigenvalue weighted by Crippen LogP contribution is 2.34. The van der Waals surface area contributed by atoms with Crippen molar-refractivity contribution in [3.05, 3.63) is 42.4 Å². The number of aromatic nitrogens is 3. The first-order valence-electron chi connectivity index (χ1n) is 7.34. The normalized spacial score (nSPS) is 12.6. The van der Waals surface area contributed by atoms with E-state index in [1.54, 1.807) is 0 Å². The minimum atomic E-state index is -4.54. The van der Waals surface area contributed by atoms with Crippen LogP contribution in [0.3, 0.4) is 0 Å². The zero-order valence-electron chi connectivity index (χ0n) is 13.1. The third-order valence-electron chi connectivity index (χ3n) is 3.56. The van der Waals surface area contributed by atoms with Gasteiger partial charge in [0.05, 0.1) is 6.61 Å². The second kappa shape index (κ2) is 6.67. The Bertz CT molecular complexity index is 1030. The van der Waals surface area contributed by atoms with E-state index in [9.17, 15) is 21.6 Å². The highest BCUT2D eigenvalue weighted by atomic mass is 32.2. The Morgan fingerprint density at radius 3 is 2.58 bits per heavy atom. The zero-order valence-corrected chi connectivity index (χ0v) is 13.9. The standard InChI is InChI=1S/C15H13F3N4O3S/c16-15(17,18)12-7-11-10(3-4-19-14(11)22-12)9-1-2-13(20-8-9)26(24,25)21-5-6-23/h1-4,7-8,21,23H,5-6H2,(H,19,22). The number of pyridine rings is 2. The van der Waals surface area contributed by atoms with Gasteiger partial charge in [-0.3, -0.25) is 0 Å². The van der Waals surface area contributed by atoms with Crippen LogP contribution >= 0.6 is 0 Å². The number of aliphatic hydroxyl groups is 1. The van der Waals surface area contributed by atoms with Gasteiger partial charge in [-0.05, 0) is 29.8 Å². The van der Waals surface area contributed by atoms with Gasteiger partial charge in [0.25, 0.3) is 10.0 Å². The van der Waals surface area contributed by atoms with Crippen LogP contribution in [-0.2, 0) is 16.2 Å². The first-order chi connectivity index (χ1) is 12.2. The molecule has 3 aromatic rings. The Balaban J connectivity index is 2.01. The molecular formula is C15H13F3N4O3S. The lowest BCUT2D eigenvalue weighted by molar-refractivity contribution is -0.140. The molecule has 0 bridgehead atoms. The predicted octanol–water partition coefficient (Wildman–Crippen LogP) is 1.91. The minimum absolute atomic E-state index is 0.0659. The molecule has 0 atom stereocenters. The molecule has 0 saturated carbocycles. The summed E-state index contributed by atoms with van der Waals surface area (Å²) in [7, 11) is -3.87. The molecule has 0 aliphatic heterocycles. The molecule has 0 aliphatic rings. The molecule has 0 fully saturated rings. The van der Waals surface area contributed by atoms with Crippen LogP contribution in [0.5, 0.6) is 0 Å². The van der Waals surface area contributed by atoms with E-state index in [1.165, 1.54) is 30.6 Å². The summed E-state index contributed by atoms with van der Waals surface area (Å²) in [5.41, 5.74) is 0.0108. The monoisotopic (exact) mass is 386 g/mol. The summed E-state index contributed by atoms with van der Waals surface area (Å²) >= 11 is 0. The summed E-state index contributed by atoms with van der Waals surface area (Å²) < 4.78 is 64.7. The number of rotatable bonds is 5. The van der Waals surface area contributed by atoms with E-state index in [1.807, 2.05) is 0 Å². The number of nitrogens with one attached hydrogen (secondary N) is 2. The number of aliphatic hydroxyl groups excluding tert-OH is 1. The van der Waals surface area contributed by atoms with Crippen molar-refractivity contribution in [1.29, 1.82) is 0 Å². The Kier molecular flexibility index (Phi) is 4.69. The fraction of sp³-hybridized carbons (Fsp3) is 0.200. The van der Waals surface area contributed by atoms with Crippen LogP contribution in [0.2, 0.25) is 0 Å². The lowest BCUT2D eigenvalue weighted by Gasteiger charge is -2.06. The molecule has 0 aliphatic carbocycles. The number of fused-ring (bicyclic) bond motifs is 1. The summed E-state index contributed by atoms with van der Waals surface area (Å²) in [6.45, 7) is -0.512. The van der Waals surface area contributed by atoms with Gasteiger partial charge in [0.1, 0.15) is 11.3 Å². The topological polar surface area (TPSA) is 108 Å². The van der Waals surface area contributed by atoms with Gasteiger partial charge in [0.15, 0.2) is 5.03 Å². The number of nitrogens with zero attached hydrogens (tertiary/aromatic N) is 2. The van der Waals surface area contributed by atoms with E-state index in [-0.39, 0.29) is 29.2 Å². The molecule has 3 heterocycles. The van der Waals surface area contributed by atoms with Gasteiger partial charge in [-0.1, -0.05) is 0 Å². The van der Waals surface area contributed by atoms with Gasteiger partial charge in [-0.25, -0.2) is 23.1 Å². The van der Waals surface area contributed by atoms with E-state index >= 15 is 0 Å². The van der Waals surface area contributed by atoms with Crippen molar-refractivity contribution in [1.82, 2.24) is 19.7 Å². The quantitative estimate of drug-likeness (QED) is 0.621. The van der Waals surface area contributed by atoms with E-state index in [0.29, 0.717) is 11.1 Å². The fourth-order valence-corrected chi connectivity index (χ4v) is 3.33. The molecule has 0 saturated heterocycles. The van der Waals surface area contributed by atoms with Gasteiger partial charge < -0.3 is 10.1 Å². The molecule has 0 aromatic carbocycles. The van der Waals surface area contributed by atoms with E-state index in [0.717, 1.165) is 6.07 Å². The zero-order chi connectivity index (χ0) is 18.9. The number of halogens is 3. The molecule has 7 nitrogen and oxygen atoms in total. The second-order valence-electron chi connectivity index (χ2n) is 5.31. The van der Waals surface area contributed by atoms with Crippen LogP contribution in [0, 0.1) is 0 Å². The highest BCUT2D eigenvalue weighted by Gasteiger charge is 2.33. The molecule has 3 rings (SSSR count). The van der Waals surface area contributed by atoms with Crippen molar-refractivity contribution in [3.8, 4) is 11.1 Å². The van der Waals surface area contributed by atoms with Crippen LogP contribution in [0.4, 0.5) is 13.2 Å². The highest BCUT2D eigenvalue weighted by molar-refractivity contribution is 7.89. The molecule has 0 amide bonds. The minimum Gasteiger partial charge on any atom is -0.395 e. The first kappa shape index (κ1) is 18.3. The largest absolute Gasteiger partial charge is 0.431 e.